The zero-order valence-electron chi connectivity index (χ0n) is 17.7. The van der Waals surface area contributed by atoms with Crippen molar-refractivity contribution in [3.63, 3.8) is 0 Å². The molecular weight excluding hydrogens is 378 g/mol. The van der Waals surface area contributed by atoms with Crippen LogP contribution in [0.15, 0.2) is 48.5 Å². The van der Waals surface area contributed by atoms with Crippen LogP contribution in [0.4, 0.5) is 5.69 Å². The number of carbonyl (C=O) groups excluding carboxylic acids is 3. The molecule has 1 N–H and O–H groups in total. The van der Waals surface area contributed by atoms with Crippen LogP contribution in [-0.2, 0) is 16.1 Å². The van der Waals surface area contributed by atoms with Crippen molar-refractivity contribution in [2.24, 2.45) is 0 Å². The molecule has 1 aliphatic rings. The maximum absolute atomic E-state index is 13.3. The van der Waals surface area contributed by atoms with Crippen LogP contribution >= 0.6 is 0 Å². The summed E-state index contributed by atoms with van der Waals surface area (Å²) in [4.78, 5) is 40.7. The van der Waals surface area contributed by atoms with Gasteiger partial charge >= 0.3 is 0 Å². The summed E-state index contributed by atoms with van der Waals surface area (Å²) in [5, 5.41) is 2.74. The van der Waals surface area contributed by atoms with Gasteiger partial charge in [-0.25, -0.2) is 0 Å². The van der Waals surface area contributed by atoms with Gasteiger partial charge in [-0.1, -0.05) is 29.8 Å². The fourth-order valence-electron chi connectivity index (χ4n) is 3.53. The van der Waals surface area contributed by atoms with Gasteiger partial charge in [-0.15, -0.1) is 0 Å². The molecule has 0 saturated carbocycles. The van der Waals surface area contributed by atoms with Gasteiger partial charge in [0.25, 0.3) is 5.91 Å². The third-order valence-corrected chi connectivity index (χ3v) is 5.34. The van der Waals surface area contributed by atoms with Crippen LogP contribution in [0.5, 0.6) is 0 Å². The Bertz CT molecular complexity index is 885. The predicted molar refractivity (Wildman–Crippen MR) is 117 cm³/mol. The molecule has 0 aliphatic carbocycles. The van der Waals surface area contributed by atoms with Gasteiger partial charge < -0.3 is 10.2 Å². The molecule has 3 rings (SSSR count). The average molecular weight is 408 g/mol. The molecular formula is C24H29N3O3. The van der Waals surface area contributed by atoms with E-state index in [1.807, 2.05) is 48.2 Å². The molecule has 0 unspecified atom stereocenters. The highest BCUT2D eigenvalue weighted by molar-refractivity contribution is 6.08. The third kappa shape index (κ3) is 5.69. The summed E-state index contributed by atoms with van der Waals surface area (Å²) in [5.41, 5.74) is 3.22. The van der Waals surface area contributed by atoms with Crippen molar-refractivity contribution in [1.82, 2.24) is 10.2 Å². The maximum Gasteiger partial charge on any atom is 0.258 e. The van der Waals surface area contributed by atoms with Crippen LogP contribution < -0.4 is 10.2 Å². The molecule has 3 amide bonds. The van der Waals surface area contributed by atoms with Gasteiger partial charge in [-0.2, -0.15) is 0 Å². The van der Waals surface area contributed by atoms with E-state index in [1.165, 1.54) is 6.92 Å². The summed E-state index contributed by atoms with van der Waals surface area (Å²) in [7, 11) is 0. The first kappa shape index (κ1) is 21.6. The third-order valence-electron chi connectivity index (χ3n) is 5.34. The normalized spacial score (nSPS) is 13.6. The fraction of sp³-hybridized carbons (Fsp3) is 0.375. The zero-order valence-corrected chi connectivity index (χ0v) is 17.7. The largest absolute Gasteiger partial charge is 0.352 e. The first-order valence-electron chi connectivity index (χ1n) is 10.4. The molecule has 6 nitrogen and oxygen atoms in total. The molecule has 1 fully saturated rings. The molecule has 1 aliphatic heterocycles. The first-order valence-corrected chi connectivity index (χ1v) is 10.4. The van der Waals surface area contributed by atoms with Gasteiger partial charge in [0, 0.05) is 37.8 Å². The van der Waals surface area contributed by atoms with Crippen LogP contribution in [0.3, 0.4) is 0 Å². The van der Waals surface area contributed by atoms with E-state index in [2.05, 4.69) is 5.32 Å². The van der Waals surface area contributed by atoms with E-state index < -0.39 is 0 Å². The van der Waals surface area contributed by atoms with Gasteiger partial charge in [0.05, 0.1) is 0 Å². The summed E-state index contributed by atoms with van der Waals surface area (Å²) in [6, 6.07) is 14.8. The predicted octanol–water partition coefficient (Wildman–Crippen LogP) is 3.29. The minimum Gasteiger partial charge on any atom is -0.352 e. The second-order valence-electron chi connectivity index (χ2n) is 7.77. The molecule has 0 radical (unpaired) electrons. The Morgan fingerprint density at radius 1 is 0.933 bits per heavy atom. The van der Waals surface area contributed by atoms with E-state index in [4.69, 9.17) is 0 Å². The van der Waals surface area contributed by atoms with Crippen LogP contribution in [-0.4, -0.2) is 42.3 Å². The number of piperidine rings is 1. The molecule has 0 aromatic heterocycles. The molecule has 2 aromatic carbocycles. The molecule has 30 heavy (non-hydrogen) atoms. The summed E-state index contributed by atoms with van der Waals surface area (Å²) in [6.07, 6.45) is 3.18. The van der Waals surface area contributed by atoms with Crippen LogP contribution in [0.1, 0.15) is 47.7 Å². The summed E-state index contributed by atoms with van der Waals surface area (Å²) in [5.74, 6) is -0.335. The topological polar surface area (TPSA) is 69.7 Å². The van der Waals surface area contributed by atoms with Gasteiger partial charge in [-0.05, 0) is 56.0 Å². The lowest BCUT2D eigenvalue weighted by Crippen LogP contribution is -2.45. The standard InChI is InChI=1S/C24H29N3O3/c1-18-6-12-22(13-7-18)27(17-23(29)26-14-4-3-5-15-26)24(30)21-10-8-20(9-11-21)16-25-19(2)28/h6-13H,3-5,14-17H2,1-2H3,(H,25,28). The number of aryl methyl sites for hydroxylation is 1. The average Bonchev–Trinajstić information content (AvgIpc) is 2.77. The van der Waals surface area contributed by atoms with Crippen molar-refractivity contribution in [1.29, 1.82) is 0 Å². The number of likely N-dealkylation sites (tertiary alicyclic amines) is 1. The molecule has 0 spiro atoms. The Hall–Kier alpha value is -3.15. The van der Waals surface area contributed by atoms with E-state index in [0.29, 0.717) is 17.8 Å². The van der Waals surface area contributed by atoms with E-state index in [1.54, 1.807) is 17.0 Å². The SMILES string of the molecule is CC(=O)NCc1ccc(C(=O)N(CC(=O)N2CCCCC2)c2ccc(C)cc2)cc1. The van der Waals surface area contributed by atoms with E-state index in [9.17, 15) is 14.4 Å². The van der Waals surface area contributed by atoms with Gasteiger partial charge in [0.1, 0.15) is 6.54 Å². The van der Waals surface area contributed by atoms with E-state index in [-0.39, 0.29) is 24.3 Å². The number of anilines is 1. The lowest BCUT2D eigenvalue weighted by atomic mass is 10.1. The van der Waals surface area contributed by atoms with Crippen molar-refractivity contribution >= 4 is 23.4 Å². The number of amides is 3. The molecule has 0 bridgehead atoms. The van der Waals surface area contributed by atoms with Crippen LogP contribution in [0, 0.1) is 6.92 Å². The molecule has 158 valence electrons. The molecule has 6 heteroatoms. The molecule has 0 atom stereocenters. The highest BCUT2D eigenvalue weighted by Crippen LogP contribution is 2.20. The monoisotopic (exact) mass is 407 g/mol. The van der Waals surface area contributed by atoms with E-state index in [0.717, 1.165) is 43.5 Å². The van der Waals surface area contributed by atoms with Crippen molar-refractivity contribution in [3.8, 4) is 0 Å². The Morgan fingerprint density at radius 3 is 2.17 bits per heavy atom. The smallest absolute Gasteiger partial charge is 0.258 e. The second kappa shape index (κ2) is 10.1. The number of nitrogens with one attached hydrogen (secondary N) is 1. The summed E-state index contributed by atoms with van der Waals surface area (Å²) < 4.78 is 0. The minimum atomic E-state index is -0.213. The Kier molecular flexibility index (Phi) is 7.22. The Balaban J connectivity index is 1.79. The number of hydrogen-bond donors (Lipinski definition) is 1. The fourth-order valence-corrected chi connectivity index (χ4v) is 3.53. The number of rotatable bonds is 6. The Morgan fingerprint density at radius 2 is 1.57 bits per heavy atom. The lowest BCUT2D eigenvalue weighted by molar-refractivity contribution is -0.130. The van der Waals surface area contributed by atoms with E-state index >= 15 is 0 Å². The lowest BCUT2D eigenvalue weighted by Gasteiger charge is -2.30. The highest BCUT2D eigenvalue weighted by atomic mass is 16.2. The highest BCUT2D eigenvalue weighted by Gasteiger charge is 2.24. The molecule has 1 heterocycles. The van der Waals surface area contributed by atoms with Crippen LogP contribution in [0.2, 0.25) is 0 Å². The number of benzene rings is 2. The van der Waals surface area contributed by atoms with Crippen molar-refractivity contribution < 1.29 is 14.4 Å². The quantitative estimate of drug-likeness (QED) is 0.799. The second-order valence-corrected chi connectivity index (χ2v) is 7.77. The zero-order chi connectivity index (χ0) is 21.5. The molecule has 2 aromatic rings. The van der Waals surface area contributed by atoms with Gasteiger partial charge in [0.2, 0.25) is 11.8 Å². The first-order chi connectivity index (χ1) is 14.4. The van der Waals surface area contributed by atoms with Crippen molar-refractivity contribution in [2.45, 2.75) is 39.7 Å². The van der Waals surface area contributed by atoms with Gasteiger partial charge in [0.15, 0.2) is 0 Å². The maximum atomic E-state index is 13.3. The summed E-state index contributed by atoms with van der Waals surface area (Å²) in [6.45, 7) is 5.41. The summed E-state index contributed by atoms with van der Waals surface area (Å²) >= 11 is 0. The Labute approximate surface area is 177 Å². The van der Waals surface area contributed by atoms with Crippen molar-refractivity contribution in [2.75, 3.05) is 24.5 Å². The number of nitrogens with zero attached hydrogens (tertiary/aromatic N) is 2. The molecule has 1 saturated heterocycles. The number of carbonyl (C=O) groups is 3. The van der Waals surface area contributed by atoms with Crippen molar-refractivity contribution in [3.05, 3.63) is 65.2 Å². The van der Waals surface area contributed by atoms with Crippen LogP contribution in [0.25, 0.3) is 0 Å². The minimum absolute atomic E-state index is 0.0223. The number of hydrogen-bond acceptors (Lipinski definition) is 3. The van der Waals surface area contributed by atoms with Gasteiger partial charge in [-0.3, -0.25) is 19.3 Å².